The van der Waals surface area contributed by atoms with Crippen LogP contribution in [-0.2, 0) is 25.2 Å². The van der Waals surface area contributed by atoms with Gasteiger partial charge in [-0.15, -0.1) is 0 Å². The van der Waals surface area contributed by atoms with Crippen molar-refractivity contribution in [2.75, 3.05) is 0 Å². The maximum atomic E-state index is 9.00. The van der Waals surface area contributed by atoms with Gasteiger partial charge in [0.2, 0.25) is 0 Å². The Morgan fingerprint density at radius 3 is 1.00 bits per heavy atom. The minimum absolute atomic E-state index is 0. The van der Waals surface area contributed by atoms with E-state index in [2.05, 4.69) is 128 Å². The molecule has 0 fully saturated rings. The van der Waals surface area contributed by atoms with Gasteiger partial charge in [-0.25, -0.2) is 0 Å². The summed E-state index contributed by atoms with van der Waals surface area (Å²) in [5.74, 6) is -0.833. The van der Waals surface area contributed by atoms with E-state index in [-0.39, 0.29) is 20.4 Å². The monoisotopic (exact) mass is 578 g/mol. The van der Waals surface area contributed by atoms with Crippen LogP contribution in [0.3, 0.4) is 0 Å². The smallest absolute Gasteiger partial charge is 0.300 e. The summed E-state index contributed by atoms with van der Waals surface area (Å²) in [6.45, 7) is 3.45. The van der Waals surface area contributed by atoms with Gasteiger partial charge in [-0.1, -0.05) is 128 Å². The molecule has 2 nitrogen and oxygen atoms in total. The summed E-state index contributed by atoms with van der Waals surface area (Å²) >= 11 is 0. The first-order chi connectivity index (χ1) is 16.1. The summed E-state index contributed by atoms with van der Waals surface area (Å²) in [7, 11) is -0.944. The van der Waals surface area contributed by atoms with Gasteiger partial charge in [0.15, 0.2) is 0 Å². The number of benzene rings is 4. The van der Waals surface area contributed by atoms with Gasteiger partial charge < -0.3 is 5.11 Å². The van der Waals surface area contributed by atoms with Crippen molar-refractivity contribution in [1.82, 2.24) is 0 Å². The van der Waals surface area contributed by atoms with Crippen molar-refractivity contribution in [1.29, 1.82) is 0 Å². The Morgan fingerprint density at radius 1 is 0.618 bits per heavy atom. The van der Waals surface area contributed by atoms with Crippen LogP contribution in [0.15, 0.2) is 121 Å². The average Bonchev–Trinajstić information content (AvgIpc) is 2.86. The van der Waals surface area contributed by atoms with Crippen molar-refractivity contribution >= 4 is 43.0 Å². The van der Waals surface area contributed by atoms with E-state index < -0.39 is 21.8 Å². The molecular weight excluding hydrogens is 549 g/mol. The molecular formula is C29H30O2P2Pd. The van der Waals surface area contributed by atoms with E-state index in [4.69, 9.17) is 9.90 Å². The van der Waals surface area contributed by atoms with E-state index in [9.17, 15) is 0 Å². The molecule has 0 amide bonds. The molecule has 0 unspecified atom stereocenters. The van der Waals surface area contributed by atoms with Crippen LogP contribution in [-0.4, -0.2) is 16.5 Å². The van der Waals surface area contributed by atoms with E-state index in [1.54, 1.807) is 0 Å². The van der Waals surface area contributed by atoms with Crippen molar-refractivity contribution < 1.29 is 30.3 Å². The third-order valence-electron chi connectivity index (χ3n) is 5.10. The van der Waals surface area contributed by atoms with Gasteiger partial charge >= 0.3 is 0 Å². The van der Waals surface area contributed by atoms with Crippen LogP contribution in [0.2, 0.25) is 0 Å². The Bertz CT molecular complexity index is 928. The molecule has 0 atom stereocenters. The Balaban J connectivity index is 0.000000758. The third kappa shape index (κ3) is 7.98. The Morgan fingerprint density at radius 2 is 0.824 bits per heavy atom. The summed E-state index contributed by atoms with van der Waals surface area (Å²) in [5.41, 5.74) is 0. The maximum Gasteiger partial charge on any atom is 0.300 e. The van der Waals surface area contributed by atoms with Crippen molar-refractivity contribution in [3.63, 3.8) is 0 Å². The molecule has 4 aromatic carbocycles. The van der Waals surface area contributed by atoms with E-state index in [1.165, 1.54) is 21.2 Å². The summed E-state index contributed by atoms with van der Waals surface area (Å²) in [6.07, 6.45) is 1.16. The average molecular weight is 579 g/mol. The van der Waals surface area contributed by atoms with Crippen LogP contribution in [0.1, 0.15) is 20.3 Å². The number of rotatable bonds is 7. The standard InChI is InChI=1S/C27H26P2.C2H4O2.Pd/c1-2-27(28(23-15-7-3-8-16-23)24-17-9-4-10-18-24)29(25-19-11-5-12-20-25)26-21-13-6-14-22-26;1-2(3)4;/h3-22,27H,2H2,1H3;1H3,(H,3,4);. The molecule has 178 valence electrons. The van der Waals surface area contributed by atoms with Crippen molar-refractivity contribution in [2.45, 2.75) is 25.7 Å². The SMILES string of the molecule is CC(=O)O.CCC(P(c1ccccc1)c1ccccc1)P(c1ccccc1)c1ccccc1.[Pd]. The van der Waals surface area contributed by atoms with Crippen LogP contribution < -0.4 is 21.2 Å². The summed E-state index contributed by atoms with van der Waals surface area (Å²) in [5, 5.41) is 13.9. The minimum atomic E-state index is -0.833. The van der Waals surface area contributed by atoms with E-state index >= 15 is 0 Å². The molecule has 5 heteroatoms. The molecule has 1 N–H and O–H groups in total. The molecule has 0 aliphatic heterocycles. The molecule has 0 aromatic heterocycles. The molecule has 0 aliphatic carbocycles. The number of carbonyl (C=O) groups is 1. The van der Waals surface area contributed by atoms with Crippen LogP contribution in [0.25, 0.3) is 0 Å². The molecule has 0 bridgehead atoms. The molecule has 0 saturated heterocycles. The number of carboxylic acids is 1. The second kappa shape index (κ2) is 15.0. The molecule has 0 saturated carbocycles. The maximum absolute atomic E-state index is 9.00. The summed E-state index contributed by atoms with van der Waals surface area (Å²) < 4.78 is 0. The Hall–Kier alpha value is -2.13. The summed E-state index contributed by atoms with van der Waals surface area (Å²) in [6, 6.07) is 44.6. The molecule has 0 aliphatic rings. The molecule has 0 heterocycles. The molecule has 0 spiro atoms. The second-order valence-corrected chi connectivity index (χ2v) is 12.7. The van der Waals surface area contributed by atoms with Gasteiger partial charge in [0, 0.05) is 32.7 Å². The minimum Gasteiger partial charge on any atom is -0.481 e. The van der Waals surface area contributed by atoms with Crippen molar-refractivity contribution in [3.05, 3.63) is 121 Å². The number of carboxylic acid groups (broad SMARTS) is 1. The first-order valence-corrected chi connectivity index (χ1v) is 13.9. The zero-order valence-electron chi connectivity index (χ0n) is 19.4. The van der Waals surface area contributed by atoms with Crippen molar-refractivity contribution in [3.8, 4) is 0 Å². The van der Waals surface area contributed by atoms with Crippen LogP contribution >= 0.6 is 15.8 Å². The first kappa shape index (κ1) is 28.1. The fourth-order valence-electron chi connectivity index (χ4n) is 3.82. The quantitative estimate of drug-likeness (QED) is 0.213. The van der Waals surface area contributed by atoms with Crippen LogP contribution in [0, 0.1) is 0 Å². The van der Waals surface area contributed by atoms with E-state index in [0.29, 0.717) is 5.40 Å². The predicted octanol–water partition coefficient (Wildman–Crippen LogP) is 6.08. The van der Waals surface area contributed by atoms with Crippen molar-refractivity contribution in [2.24, 2.45) is 0 Å². The van der Waals surface area contributed by atoms with Gasteiger partial charge in [-0.2, -0.15) is 0 Å². The van der Waals surface area contributed by atoms with Gasteiger partial charge in [0.1, 0.15) is 0 Å². The van der Waals surface area contributed by atoms with Gasteiger partial charge in [0.25, 0.3) is 5.97 Å². The molecule has 34 heavy (non-hydrogen) atoms. The normalized spacial score (nSPS) is 10.4. The zero-order valence-corrected chi connectivity index (χ0v) is 22.7. The Labute approximate surface area is 219 Å². The number of hydrogen-bond donors (Lipinski definition) is 1. The van der Waals surface area contributed by atoms with Gasteiger partial charge in [-0.3, -0.25) is 4.79 Å². The van der Waals surface area contributed by atoms with E-state index in [1.807, 2.05) is 0 Å². The first-order valence-electron chi connectivity index (χ1n) is 11.1. The topological polar surface area (TPSA) is 37.3 Å². The van der Waals surface area contributed by atoms with Crippen LogP contribution in [0.4, 0.5) is 0 Å². The fraction of sp³-hybridized carbons (Fsp3) is 0.138. The van der Waals surface area contributed by atoms with Crippen LogP contribution in [0.5, 0.6) is 0 Å². The fourth-order valence-corrected chi connectivity index (χ4v) is 11.0. The van der Waals surface area contributed by atoms with Gasteiger partial charge in [0.05, 0.1) is 0 Å². The summed E-state index contributed by atoms with van der Waals surface area (Å²) in [4.78, 5) is 9.00. The van der Waals surface area contributed by atoms with Gasteiger partial charge in [-0.05, 0) is 43.5 Å². The number of aliphatic carboxylic acids is 1. The predicted molar refractivity (Wildman–Crippen MR) is 146 cm³/mol. The largest absolute Gasteiger partial charge is 0.481 e. The molecule has 4 aromatic rings. The Kier molecular flexibility index (Phi) is 12.4. The van der Waals surface area contributed by atoms with E-state index in [0.717, 1.165) is 13.3 Å². The zero-order chi connectivity index (χ0) is 23.5. The second-order valence-electron chi connectivity index (χ2n) is 7.49. The molecule has 4 rings (SSSR count). The number of hydrogen-bond acceptors (Lipinski definition) is 1. The third-order valence-corrected chi connectivity index (χ3v) is 11.8. The molecule has 0 radical (unpaired) electrons.